The molecule has 0 aromatic heterocycles. The molecule has 2 aromatic rings. The van der Waals surface area contributed by atoms with Crippen molar-refractivity contribution in [2.75, 3.05) is 43.0 Å². The number of piperazine rings is 1. The number of rotatable bonds is 7. The number of nitroso groups, excluding NO2 is 1. The van der Waals surface area contributed by atoms with Gasteiger partial charge in [0.25, 0.3) is 0 Å². The van der Waals surface area contributed by atoms with Gasteiger partial charge in [0.2, 0.25) is 0 Å². The summed E-state index contributed by atoms with van der Waals surface area (Å²) in [6.07, 6.45) is -1.43. The van der Waals surface area contributed by atoms with E-state index in [2.05, 4.69) is 20.3 Å². The molecule has 6 nitrogen and oxygen atoms in total. The number of thiocarbonyl (C=S) groups is 1. The Hall–Kier alpha value is -2.43. The van der Waals surface area contributed by atoms with Crippen LogP contribution in [0.2, 0.25) is 5.02 Å². The molecule has 36 heavy (non-hydrogen) atoms. The molecule has 0 radical (unpaired) electrons. The number of nitrogens with one attached hydrogen (secondary N) is 1. The maximum absolute atomic E-state index is 13.2. The fraction of sp³-hybridized carbons (Fsp3) is 0.480. The topological polar surface area (TPSA) is 57.2 Å². The number of hydrogen-bond acceptors (Lipinski definition) is 6. The third kappa shape index (κ3) is 6.86. The Morgan fingerprint density at radius 1 is 1.06 bits per heavy atom. The molecule has 1 aliphatic carbocycles. The van der Waals surface area contributed by atoms with Crippen molar-refractivity contribution in [2.24, 2.45) is 5.18 Å². The predicted molar refractivity (Wildman–Crippen MR) is 140 cm³/mol. The molecule has 0 bridgehead atoms. The lowest BCUT2D eigenvalue weighted by Crippen LogP contribution is -2.49. The first-order valence-corrected chi connectivity index (χ1v) is 12.7. The average molecular weight is 541 g/mol. The first kappa shape index (κ1) is 26.6. The summed E-state index contributed by atoms with van der Waals surface area (Å²) in [7, 11) is 0. The molecule has 2 aliphatic rings. The highest BCUT2D eigenvalue weighted by atomic mass is 35.5. The minimum atomic E-state index is -4.63. The molecule has 1 N–H and O–H groups in total. The van der Waals surface area contributed by atoms with E-state index in [-0.39, 0.29) is 12.1 Å². The van der Waals surface area contributed by atoms with Gasteiger partial charge in [-0.25, -0.2) is 0 Å². The number of nitrogens with zero attached hydrogens (tertiary/aromatic N) is 3. The Kier molecular flexibility index (Phi) is 8.69. The third-order valence-corrected chi connectivity index (χ3v) is 7.34. The largest absolute Gasteiger partial charge is 0.418 e. The van der Waals surface area contributed by atoms with Crippen LogP contribution >= 0.6 is 23.8 Å². The van der Waals surface area contributed by atoms with Gasteiger partial charge >= 0.3 is 6.18 Å². The molecule has 0 amide bonds. The maximum Gasteiger partial charge on any atom is 0.418 e. The molecule has 2 aromatic carbocycles. The lowest BCUT2D eigenvalue weighted by Gasteiger charge is -2.38. The number of benzene rings is 2. The Morgan fingerprint density at radius 2 is 1.72 bits per heavy atom. The van der Waals surface area contributed by atoms with Gasteiger partial charge in [-0.15, -0.1) is 4.91 Å². The zero-order chi connectivity index (χ0) is 25.7. The van der Waals surface area contributed by atoms with Crippen LogP contribution in [-0.4, -0.2) is 54.8 Å². The second-order valence-corrected chi connectivity index (χ2v) is 10.0. The average Bonchev–Trinajstić information content (AvgIpc) is 2.88. The Morgan fingerprint density at radius 3 is 2.33 bits per heavy atom. The van der Waals surface area contributed by atoms with Gasteiger partial charge < -0.3 is 19.9 Å². The fourth-order valence-electron chi connectivity index (χ4n) is 4.69. The van der Waals surface area contributed by atoms with E-state index in [1.54, 1.807) is 0 Å². The number of ether oxygens (including phenoxy) is 1. The Bertz CT molecular complexity index is 1050. The van der Waals surface area contributed by atoms with Gasteiger partial charge in [0, 0.05) is 48.6 Å². The van der Waals surface area contributed by atoms with E-state index in [1.807, 2.05) is 24.3 Å². The summed E-state index contributed by atoms with van der Waals surface area (Å²) in [5.74, 6) is 0. The molecule has 0 atom stereocenters. The third-order valence-electron chi connectivity index (χ3n) is 6.71. The first-order valence-electron chi connectivity index (χ1n) is 11.9. The Balaban J connectivity index is 1.19. The van der Waals surface area contributed by atoms with Crippen LogP contribution < -0.4 is 10.2 Å². The number of halogens is 4. The molecule has 1 saturated heterocycles. The van der Waals surface area contributed by atoms with Gasteiger partial charge in [-0.3, -0.25) is 0 Å². The van der Waals surface area contributed by atoms with Gasteiger partial charge in [-0.05, 0) is 73.3 Å². The summed E-state index contributed by atoms with van der Waals surface area (Å²) < 4.78 is 45.6. The summed E-state index contributed by atoms with van der Waals surface area (Å²) in [4.78, 5) is 16.0. The molecule has 194 valence electrons. The second kappa shape index (κ2) is 11.7. The van der Waals surface area contributed by atoms with Crippen LogP contribution in [0.25, 0.3) is 0 Å². The number of anilines is 2. The normalized spacial score (nSPS) is 20.8. The zero-order valence-electron chi connectivity index (χ0n) is 19.6. The van der Waals surface area contributed by atoms with Crippen LogP contribution in [0.15, 0.2) is 47.6 Å². The maximum atomic E-state index is 13.2. The monoisotopic (exact) mass is 540 g/mol. The van der Waals surface area contributed by atoms with E-state index in [9.17, 15) is 18.1 Å². The van der Waals surface area contributed by atoms with Gasteiger partial charge in [0.15, 0.2) is 0 Å². The van der Waals surface area contributed by atoms with Crippen molar-refractivity contribution in [2.45, 2.75) is 44.0 Å². The fourth-order valence-corrected chi connectivity index (χ4v) is 5.07. The predicted octanol–water partition coefficient (Wildman–Crippen LogP) is 6.65. The number of hydrogen-bond donors (Lipinski definition) is 1. The lowest BCUT2D eigenvalue weighted by atomic mass is 9.92. The second-order valence-electron chi connectivity index (χ2n) is 9.09. The molecule has 2 fully saturated rings. The Labute approximate surface area is 218 Å². The minimum absolute atomic E-state index is 0.0360. The van der Waals surface area contributed by atoms with Crippen molar-refractivity contribution in [1.29, 1.82) is 0 Å². The highest BCUT2D eigenvalue weighted by Gasteiger charge is 2.34. The summed E-state index contributed by atoms with van der Waals surface area (Å²) >= 11 is 11.6. The standard InChI is InChI=1S/C25H28ClF3N4O2S/c26-17-1-6-20(7-2-17)32-11-13-33(14-12-32)24(36)16-35-21-8-3-18(4-9-21)30-19-5-10-23(31-34)22(15-19)25(27,28)29/h1-2,5-7,10,15,18,21,30H,3-4,8-9,11-14,16H2. The molecule has 1 aliphatic heterocycles. The van der Waals surface area contributed by atoms with Crippen LogP contribution in [0.3, 0.4) is 0 Å². The quantitative estimate of drug-likeness (QED) is 0.313. The molecule has 11 heteroatoms. The van der Waals surface area contributed by atoms with Crippen LogP contribution in [0, 0.1) is 4.91 Å². The zero-order valence-corrected chi connectivity index (χ0v) is 21.2. The highest BCUT2D eigenvalue weighted by molar-refractivity contribution is 7.80. The van der Waals surface area contributed by atoms with Crippen molar-refractivity contribution in [3.8, 4) is 0 Å². The van der Waals surface area contributed by atoms with E-state index in [0.717, 1.165) is 79.7 Å². The van der Waals surface area contributed by atoms with Crippen LogP contribution in [0.5, 0.6) is 0 Å². The number of alkyl halides is 3. The summed E-state index contributed by atoms with van der Waals surface area (Å²) in [5, 5.41) is 6.37. The highest BCUT2D eigenvalue weighted by Crippen LogP contribution is 2.38. The SMILES string of the molecule is O=Nc1ccc(NC2CCC(OCC(=S)N3CCN(c4ccc(Cl)cc4)CC3)CC2)cc1C(F)(F)F. The lowest BCUT2D eigenvalue weighted by molar-refractivity contribution is -0.137. The summed E-state index contributed by atoms with van der Waals surface area (Å²) in [5.41, 5.74) is -0.148. The van der Waals surface area contributed by atoms with Gasteiger partial charge in [-0.1, -0.05) is 23.8 Å². The molecule has 1 saturated carbocycles. The molecular formula is C25H28ClF3N4O2S. The first-order chi connectivity index (χ1) is 17.2. The van der Waals surface area contributed by atoms with Crippen molar-refractivity contribution in [1.82, 2.24) is 4.90 Å². The van der Waals surface area contributed by atoms with Crippen molar-refractivity contribution >= 4 is 45.9 Å². The summed E-state index contributed by atoms with van der Waals surface area (Å²) in [6, 6.07) is 11.4. The van der Waals surface area contributed by atoms with Crippen LogP contribution in [-0.2, 0) is 10.9 Å². The van der Waals surface area contributed by atoms with E-state index in [1.165, 1.54) is 6.07 Å². The van der Waals surface area contributed by atoms with Crippen molar-refractivity contribution in [3.05, 3.63) is 58.0 Å². The van der Waals surface area contributed by atoms with Crippen molar-refractivity contribution in [3.63, 3.8) is 0 Å². The van der Waals surface area contributed by atoms with E-state index in [4.69, 9.17) is 28.6 Å². The molecule has 0 unspecified atom stereocenters. The van der Waals surface area contributed by atoms with Gasteiger partial charge in [0.05, 0.1) is 18.3 Å². The van der Waals surface area contributed by atoms with Gasteiger partial charge in [0.1, 0.15) is 10.7 Å². The minimum Gasteiger partial charge on any atom is -0.382 e. The van der Waals surface area contributed by atoms with Crippen LogP contribution in [0.4, 0.5) is 30.2 Å². The molecular weight excluding hydrogens is 513 g/mol. The van der Waals surface area contributed by atoms with E-state index < -0.39 is 17.4 Å². The molecule has 4 rings (SSSR count). The molecule has 1 heterocycles. The van der Waals surface area contributed by atoms with E-state index in [0.29, 0.717) is 12.3 Å². The molecule has 0 spiro atoms. The summed E-state index contributed by atoms with van der Waals surface area (Å²) in [6.45, 7) is 3.81. The van der Waals surface area contributed by atoms with Gasteiger partial charge in [-0.2, -0.15) is 13.2 Å². The smallest absolute Gasteiger partial charge is 0.382 e. The van der Waals surface area contributed by atoms with E-state index >= 15 is 0 Å². The van der Waals surface area contributed by atoms with Crippen molar-refractivity contribution < 1.29 is 17.9 Å². The van der Waals surface area contributed by atoms with Crippen LogP contribution in [0.1, 0.15) is 31.2 Å².